The van der Waals surface area contributed by atoms with Crippen LogP contribution in [0.2, 0.25) is 0 Å². The van der Waals surface area contributed by atoms with Crippen LogP contribution < -0.4 is 0 Å². The van der Waals surface area contributed by atoms with E-state index in [0.717, 1.165) is 11.6 Å². The summed E-state index contributed by atoms with van der Waals surface area (Å²) in [7, 11) is 0. The quantitative estimate of drug-likeness (QED) is 0.853. The van der Waals surface area contributed by atoms with Gasteiger partial charge in [0.05, 0.1) is 18.5 Å². The summed E-state index contributed by atoms with van der Waals surface area (Å²) in [6.45, 7) is 0. The van der Waals surface area contributed by atoms with Crippen LogP contribution in [0.15, 0.2) is 42.6 Å². The summed E-state index contributed by atoms with van der Waals surface area (Å²) < 4.78 is 38.7. The molecule has 0 aliphatic carbocycles. The lowest BCUT2D eigenvalue weighted by molar-refractivity contribution is -0.141. The van der Waals surface area contributed by atoms with Gasteiger partial charge >= 0.3 is 6.18 Å². The number of nitriles is 1. The molecule has 0 N–H and O–H groups in total. The lowest BCUT2D eigenvalue weighted by Gasteiger charge is -2.14. The van der Waals surface area contributed by atoms with E-state index < -0.39 is 17.9 Å². The predicted octanol–water partition coefficient (Wildman–Crippen LogP) is 3.40. The van der Waals surface area contributed by atoms with E-state index in [0.29, 0.717) is 0 Å². The minimum Gasteiger partial charge on any atom is -0.264 e. The summed E-state index contributed by atoms with van der Waals surface area (Å²) >= 11 is 0. The predicted molar refractivity (Wildman–Crippen MR) is 62.0 cm³/mol. The monoisotopic (exact) mass is 265 g/mol. The fourth-order valence-corrected chi connectivity index (χ4v) is 1.79. The van der Waals surface area contributed by atoms with Crippen LogP contribution >= 0.6 is 0 Å². The van der Waals surface area contributed by atoms with Crippen LogP contribution in [0.25, 0.3) is 0 Å². The number of hydrogen-bond donors (Lipinski definition) is 0. The molecule has 0 amide bonds. The number of rotatable bonds is 3. The Bertz CT molecular complexity index is 581. The molecule has 0 saturated carbocycles. The lowest BCUT2D eigenvalue weighted by Crippen LogP contribution is -2.13. The molecule has 1 heterocycles. The van der Waals surface area contributed by atoms with Gasteiger partial charge in [0.15, 0.2) is 5.69 Å². The second-order valence-electron chi connectivity index (χ2n) is 3.97. The molecule has 98 valence electrons. The van der Waals surface area contributed by atoms with E-state index in [9.17, 15) is 13.2 Å². The van der Waals surface area contributed by atoms with Gasteiger partial charge in [0, 0.05) is 6.20 Å². The molecule has 3 nitrogen and oxygen atoms in total. The molecule has 0 radical (unpaired) electrons. The highest BCUT2D eigenvalue weighted by molar-refractivity contribution is 5.21. The zero-order valence-corrected chi connectivity index (χ0v) is 9.80. The van der Waals surface area contributed by atoms with Crippen molar-refractivity contribution >= 4 is 0 Å². The molecule has 0 spiro atoms. The summed E-state index contributed by atoms with van der Waals surface area (Å²) in [6.07, 6.45) is -3.17. The van der Waals surface area contributed by atoms with E-state index in [1.807, 2.05) is 6.07 Å². The van der Waals surface area contributed by atoms with Crippen LogP contribution in [0, 0.1) is 11.3 Å². The molecule has 6 heteroatoms. The Labute approximate surface area is 107 Å². The van der Waals surface area contributed by atoms with Gasteiger partial charge in [0.1, 0.15) is 0 Å². The molecule has 19 heavy (non-hydrogen) atoms. The van der Waals surface area contributed by atoms with Crippen molar-refractivity contribution in [2.75, 3.05) is 0 Å². The maximum atomic E-state index is 12.5. The van der Waals surface area contributed by atoms with Crippen molar-refractivity contribution in [2.24, 2.45) is 0 Å². The number of aromatic nitrogens is 2. The van der Waals surface area contributed by atoms with Crippen molar-refractivity contribution in [3.05, 3.63) is 53.9 Å². The first kappa shape index (κ1) is 13.1. The van der Waals surface area contributed by atoms with Gasteiger partial charge in [-0.3, -0.25) is 4.68 Å². The number of alkyl halides is 3. The van der Waals surface area contributed by atoms with Crippen molar-refractivity contribution < 1.29 is 13.2 Å². The molecule has 2 rings (SSSR count). The summed E-state index contributed by atoms with van der Waals surface area (Å²) in [5.74, 6) is 0. The highest BCUT2D eigenvalue weighted by Gasteiger charge is 2.34. The molecule has 0 aliphatic rings. The zero-order valence-electron chi connectivity index (χ0n) is 9.80. The number of nitrogens with zero attached hydrogens (tertiary/aromatic N) is 3. The Hall–Kier alpha value is -2.29. The van der Waals surface area contributed by atoms with Crippen LogP contribution in [-0.2, 0) is 6.18 Å². The largest absolute Gasteiger partial charge is 0.435 e. The smallest absolute Gasteiger partial charge is 0.264 e. The summed E-state index contributed by atoms with van der Waals surface area (Å²) in [5.41, 5.74) is -0.202. The molecule has 0 saturated heterocycles. The van der Waals surface area contributed by atoms with E-state index in [4.69, 9.17) is 5.26 Å². The average molecular weight is 265 g/mol. The maximum absolute atomic E-state index is 12.5. The van der Waals surface area contributed by atoms with E-state index in [-0.39, 0.29) is 6.42 Å². The highest BCUT2D eigenvalue weighted by atomic mass is 19.4. The molecule has 1 aromatic carbocycles. The van der Waals surface area contributed by atoms with Crippen molar-refractivity contribution in [3.8, 4) is 6.07 Å². The van der Waals surface area contributed by atoms with Crippen molar-refractivity contribution in [1.82, 2.24) is 9.78 Å². The topological polar surface area (TPSA) is 41.6 Å². The molecule has 1 atom stereocenters. The zero-order chi connectivity index (χ0) is 13.9. The molecule has 1 aromatic heterocycles. The number of halogens is 3. The van der Waals surface area contributed by atoms with Gasteiger partial charge in [-0.05, 0) is 11.6 Å². The first-order valence-electron chi connectivity index (χ1n) is 5.56. The van der Waals surface area contributed by atoms with E-state index in [2.05, 4.69) is 5.10 Å². The van der Waals surface area contributed by atoms with Gasteiger partial charge in [-0.15, -0.1) is 0 Å². The molecule has 2 aromatic rings. The minimum absolute atomic E-state index is 0.0585. The van der Waals surface area contributed by atoms with Crippen LogP contribution in [0.1, 0.15) is 23.7 Å². The average Bonchev–Trinajstić information content (AvgIpc) is 2.86. The molecular weight excluding hydrogens is 255 g/mol. The molecule has 1 unspecified atom stereocenters. The Morgan fingerprint density at radius 2 is 1.89 bits per heavy atom. The first-order chi connectivity index (χ1) is 9.02. The van der Waals surface area contributed by atoms with Gasteiger partial charge in [0.2, 0.25) is 0 Å². The van der Waals surface area contributed by atoms with Gasteiger partial charge in [-0.2, -0.15) is 23.5 Å². The standard InChI is InChI=1S/C13H10F3N3/c14-13(15,16)12-7-9-19(18-12)11(6-8-17)10-4-2-1-3-5-10/h1-5,7,9,11H,6H2. The van der Waals surface area contributed by atoms with Crippen molar-refractivity contribution in [1.29, 1.82) is 5.26 Å². The third kappa shape index (κ3) is 2.94. The third-order valence-corrected chi connectivity index (χ3v) is 2.69. The van der Waals surface area contributed by atoms with Crippen molar-refractivity contribution in [2.45, 2.75) is 18.6 Å². The fourth-order valence-electron chi connectivity index (χ4n) is 1.79. The third-order valence-electron chi connectivity index (χ3n) is 2.69. The SMILES string of the molecule is N#CCC(c1ccccc1)n1ccc(C(F)(F)F)n1. The van der Waals surface area contributed by atoms with Gasteiger partial charge in [-0.1, -0.05) is 30.3 Å². The summed E-state index contributed by atoms with van der Waals surface area (Å²) in [6, 6.07) is 11.2. The Kier molecular flexibility index (Phi) is 3.56. The second kappa shape index (κ2) is 5.14. The number of benzene rings is 1. The van der Waals surface area contributed by atoms with Crippen LogP contribution in [0.5, 0.6) is 0 Å². The molecular formula is C13H10F3N3. The summed E-state index contributed by atoms with van der Waals surface area (Å²) in [5, 5.41) is 12.3. The highest BCUT2D eigenvalue weighted by Crippen LogP contribution is 2.29. The minimum atomic E-state index is -4.47. The van der Waals surface area contributed by atoms with Crippen LogP contribution in [0.3, 0.4) is 0 Å². The van der Waals surface area contributed by atoms with Gasteiger partial charge in [0.25, 0.3) is 0 Å². The van der Waals surface area contributed by atoms with E-state index >= 15 is 0 Å². The number of hydrogen-bond acceptors (Lipinski definition) is 2. The van der Waals surface area contributed by atoms with Crippen LogP contribution in [0.4, 0.5) is 13.2 Å². The Morgan fingerprint density at radius 3 is 2.42 bits per heavy atom. The Balaban J connectivity index is 2.36. The van der Waals surface area contributed by atoms with E-state index in [1.165, 1.54) is 10.9 Å². The van der Waals surface area contributed by atoms with Crippen molar-refractivity contribution in [3.63, 3.8) is 0 Å². The lowest BCUT2D eigenvalue weighted by atomic mass is 10.1. The van der Waals surface area contributed by atoms with E-state index in [1.54, 1.807) is 30.3 Å². The van der Waals surface area contributed by atoms with Crippen LogP contribution in [-0.4, -0.2) is 9.78 Å². The molecule has 0 fully saturated rings. The maximum Gasteiger partial charge on any atom is 0.435 e. The first-order valence-corrected chi connectivity index (χ1v) is 5.56. The summed E-state index contributed by atoms with van der Waals surface area (Å²) in [4.78, 5) is 0. The fraction of sp³-hybridized carbons (Fsp3) is 0.231. The second-order valence-corrected chi connectivity index (χ2v) is 3.97. The molecule has 0 bridgehead atoms. The van der Waals surface area contributed by atoms with Gasteiger partial charge < -0.3 is 0 Å². The Morgan fingerprint density at radius 1 is 1.21 bits per heavy atom. The normalized spacial score (nSPS) is 12.9. The van der Waals surface area contributed by atoms with Gasteiger partial charge in [-0.25, -0.2) is 0 Å². The molecule has 0 aliphatic heterocycles.